The summed E-state index contributed by atoms with van der Waals surface area (Å²) in [4.78, 5) is 0. The second kappa shape index (κ2) is 12.0. The van der Waals surface area contributed by atoms with Gasteiger partial charge in [-0.05, 0) is 20.8 Å². The molecule has 1 aromatic rings. The van der Waals surface area contributed by atoms with E-state index in [4.69, 9.17) is 13.3 Å². The predicted octanol–water partition coefficient (Wildman–Crippen LogP) is 4.08. The molecule has 4 nitrogen and oxygen atoms in total. The summed E-state index contributed by atoms with van der Waals surface area (Å²) in [5, 5.41) is 2.16. The molecule has 142 valence electrons. The van der Waals surface area contributed by atoms with Crippen molar-refractivity contribution in [2.45, 2.75) is 46.7 Å². The fourth-order valence-corrected chi connectivity index (χ4v) is 5.45. The molecule has 11 heteroatoms. The minimum atomic E-state index is -6.00. The molecule has 0 unspecified atom stereocenters. The van der Waals surface area contributed by atoms with E-state index in [0.29, 0.717) is 19.8 Å². The van der Waals surface area contributed by atoms with Gasteiger partial charge < -0.3 is 30.5 Å². The number of halogens is 4. The number of thiazole rings is 1. The van der Waals surface area contributed by atoms with Crippen molar-refractivity contribution in [3.05, 3.63) is 16.6 Å². The smallest absolute Gasteiger partial charge is 0.418 e. The normalized spacial score (nSPS) is 12.0. The lowest BCUT2D eigenvalue weighted by molar-refractivity contribution is -0.698. The molecule has 0 aliphatic rings. The van der Waals surface area contributed by atoms with Crippen molar-refractivity contribution in [3.63, 3.8) is 0 Å². The van der Waals surface area contributed by atoms with Gasteiger partial charge in [0, 0.05) is 39.2 Å². The Balaban J connectivity index is 0.000000922. The Kier molecular flexibility index (Phi) is 11.7. The van der Waals surface area contributed by atoms with Crippen LogP contribution < -0.4 is 4.57 Å². The molecule has 0 radical (unpaired) electrons. The highest BCUT2D eigenvalue weighted by Gasteiger charge is 2.40. The molecule has 1 rings (SSSR count). The lowest BCUT2D eigenvalue weighted by Gasteiger charge is -2.28. The van der Waals surface area contributed by atoms with Crippen LogP contribution in [0.2, 0.25) is 6.04 Å². The van der Waals surface area contributed by atoms with E-state index in [9.17, 15) is 17.3 Å². The SMILES string of the molecule is CCO[Si](CCC[n+]1cscc1C)(OCC)OCC.F[B-](F)(F)F. The van der Waals surface area contributed by atoms with Crippen LogP contribution in [0.4, 0.5) is 17.3 Å². The number of hydrogen-bond donors (Lipinski definition) is 0. The molecule has 0 N–H and O–H groups in total. The van der Waals surface area contributed by atoms with E-state index in [1.807, 2.05) is 20.8 Å². The Morgan fingerprint density at radius 1 is 1.04 bits per heavy atom. The van der Waals surface area contributed by atoms with E-state index >= 15 is 0 Å². The number of hydrogen-bond acceptors (Lipinski definition) is 4. The molecular weight excluding hydrogens is 365 g/mol. The van der Waals surface area contributed by atoms with Gasteiger partial charge in [0.2, 0.25) is 5.51 Å². The van der Waals surface area contributed by atoms with Gasteiger partial charge >= 0.3 is 16.1 Å². The summed E-state index contributed by atoms with van der Waals surface area (Å²) in [7, 11) is -8.46. The lowest BCUT2D eigenvalue weighted by atomic mass is 10.3. The van der Waals surface area contributed by atoms with Crippen LogP contribution in [0.5, 0.6) is 0 Å². The highest BCUT2D eigenvalue weighted by atomic mass is 32.1. The monoisotopic (exact) mass is 391 g/mol. The highest BCUT2D eigenvalue weighted by molar-refractivity contribution is 7.07. The molecule has 0 bridgehead atoms. The third-order valence-electron chi connectivity index (χ3n) is 2.85. The number of aryl methyl sites for hydroxylation is 2. The standard InChI is InChI=1S/C13H26NO3SSi.BF4/c1-5-15-19(16-6-2,17-7-3)10-8-9-14-12-18-11-13(14)4;2-1(3,4)5/h11-12H,5-10H2,1-4H3;/q+1;-1. The molecule has 0 aliphatic heterocycles. The zero-order valence-electron chi connectivity index (χ0n) is 14.6. The summed E-state index contributed by atoms with van der Waals surface area (Å²) >= 11 is 1.74. The van der Waals surface area contributed by atoms with Gasteiger partial charge in [-0.1, -0.05) is 11.3 Å². The van der Waals surface area contributed by atoms with Crippen LogP contribution >= 0.6 is 11.3 Å². The van der Waals surface area contributed by atoms with Crippen LogP contribution in [0.3, 0.4) is 0 Å². The van der Waals surface area contributed by atoms with Gasteiger partial charge in [0.1, 0.15) is 6.54 Å². The van der Waals surface area contributed by atoms with E-state index in [2.05, 4.69) is 22.4 Å². The molecular formula is C13H26BF4NO3SSi. The lowest BCUT2D eigenvalue weighted by Crippen LogP contribution is -2.47. The van der Waals surface area contributed by atoms with Gasteiger partial charge in [0.15, 0.2) is 5.69 Å². The number of nitrogens with zero attached hydrogens (tertiary/aromatic N) is 1. The summed E-state index contributed by atoms with van der Waals surface area (Å²) in [6.45, 7) is 11.1. The number of rotatable bonds is 10. The van der Waals surface area contributed by atoms with Crippen LogP contribution in [0.25, 0.3) is 0 Å². The summed E-state index contributed by atoms with van der Waals surface area (Å²) < 4.78 is 58.8. The topological polar surface area (TPSA) is 31.6 Å². The van der Waals surface area contributed by atoms with Crippen molar-refractivity contribution in [2.75, 3.05) is 19.8 Å². The summed E-state index contributed by atoms with van der Waals surface area (Å²) in [5.74, 6) is 0. The van der Waals surface area contributed by atoms with Crippen molar-refractivity contribution in [2.24, 2.45) is 0 Å². The molecule has 0 aromatic carbocycles. The molecule has 0 spiro atoms. The molecule has 1 heterocycles. The Morgan fingerprint density at radius 3 is 1.83 bits per heavy atom. The first kappa shape index (κ1) is 23.5. The molecule has 0 aliphatic carbocycles. The van der Waals surface area contributed by atoms with E-state index < -0.39 is 16.1 Å². The maximum absolute atomic E-state index is 9.75. The second-order valence-corrected chi connectivity index (χ2v) is 8.23. The highest BCUT2D eigenvalue weighted by Crippen LogP contribution is 2.18. The van der Waals surface area contributed by atoms with Crippen LogP contribution in [0.1, 0.15) is 32.9 Å². The van der Waals surface area contributed by atoms with E-state index in [-0.39, 0.29) is 0 Å². The van der Waals surface area contributed by atoms with Gasteiger partial charge in [-0.25, -0.2) is 0 Å². The van der Waals surface area contributed by atoms with Gasteiger partial charge in [-0.15, -0.1) is 0 Å². The minimum Gasteiger partial charge on any atom is -0.418 e. The van der Waals surface area contributed by atoms with Crippen LogP contribution in [0.15, 0.2) is 10.9 Å². The van der Waals surface area contributed by atoms with Crippen LogP contribution in [-0.4, -0.2) is 35.9 Å². The zero-order valence-corrected chi connectivity index (χ0v) is 16.4. The van der Waals surface area contributed by atoms with Crippen LogP contribution in [-0.2, 0) is 19.8 Å². The average molecular weight is 391 g/mol. The zero-order chi connectivity index (χ0) is 18.6. The first-order valence-electron chi connectivity index (χ1n) is 7.88. The second-order valence-electron chi connectivity index (χ2n) is 4.77. The molecule has 0 saturated carbocycles. The predicted molar refractivity (Wildman–Crippen MR) is 89.5 cm³/mol. The molecule has 0 amide bonds. The maximum atomic E-state index is 9.75. The van der Waals surface area contributed by atoms with Crippen LogP contribution in [0, 0.1) is 6.92 Å². The Morgan fingerprint density at radius 2 is 1.50 bits per heavy atom. The van der Waals surface area contributed by atoms with Gasteiger partial charge in [-0.2, -0.15) is 4.57 Å². The first-order chi connectivity index (χ1) is 11.2. The molecule has 0 saturated heterocycles. The number of aromatic nitrogens is 1. The fourth-order valence-electron chi connectivity index (χ4n) is 2.05. The largest absolute Gasteiger partial charge is 0.673 e. The minimum absolute atomic E-state index is 0.650. The van der Waals surface area contributed by atoms with Crippen molar-refractivity contribution < 1.29 is 35.1 Å². The third-order valence-corrected chi connectivity index (χ3v) is 6.86. The van der Waals surface area contributed by atoms with E-state index in [1.54, 1.807) is 11.3 Å². The van der Waals surface area contributed by atoms with Gasteiger partial charge in [0.25, 0.3) is 0 Å². The first-order valence-corrected chi connectivity index (χ1v) is 10.8. The van der Waals surface area contributed by atoms with E-state index in [0.717, 1.165) is 19.0 Å². The molecule has 24 heavy (non-hydrogen) atoms. The quantitative estimate of drug-likeness (QED) is 0.342. The van der Waals surface area contributed by atoms with Crippen molar-refractivity contribution in [3.8, 4) is 0 Å². The Bertz CT molecular complexity index is 428. The summed E-state index contributed by atoms with van der Waals surface area (Å²) in [6.07, 6.45) is 1.02. The maximum Gasteiger partial charge on any atom is 0.673 e. The molecule has 0 fully saturated rings. The van der Waals surface area contributed by atoms with Crippen molar-refractivity contribution in [1.29, 1.82) is 0 Å². The van der Waals surface area contributed by atoms with Crippen molar-refractivity contribution in [1.82, 2.24) is 0 Å². The summed E-state index contributed by atoms with van der Waals surface area (Å²) in [6, 6.07) is 0.880. The third kappa shape index (κ3) is 11.1. The van der Waals surface area contributed by atoms with Gasteiger partial charge in [0.05, 0.1) is 5.38 Å². The summed E-state index contributed by atoms with van der Waals surface area (Å²) in [5.41, 5.74) is 3.46. The Hall–Kier alpha value is -0.488. The van der Waals surface area contributed by atoms with Gasteiger partial charge in [-0.3, -0.25) is 0 Å². The van der Waals surface area contributed by atoms with Crippen molar-refractivity contribution >= 4 is 27.4 Å². The molecule has 1 aromatic heterocycles. The van der Waals surface area contributed by atoms with E-state index in [1.165, 1.54) is 5.69 Å². The fraction of sp³-hybridized carbons (Fsp3) is 0.769. The molecule has 0 atom stereocenters. The average Bonchev–Trinajstić information content (AvgIpc) is 2.83. The Labute approximate surface area is 146 Å².